The maximum absolute atomic E-state index is 12.2. The van der Waals surface area contributed by atoms with E-state index in [0.29, 0.717) is 11.3 Å². The van der Waals surface area contributed by atoms with Gasteiger partial charge < -0.3 is 9.84 Å². The molecule has 0 spiro atoms. The molecule has 100 valence electrons. The van der Waals surface area contributed by atoms with Crippen LogP contribution in [-0.2, 0) is 12.8 Å². The Morgan fingerprint density at radius 2 is 1.58 bits per heavy atom. The molecular formula is C12H9F3N2O2. The van der Waals surface area contributed by atoms with Gasteiger partial charge in [0.2, 0.25) is 5.82 Å². The molecule has 0 saturated heterocycles. The number of aromatic nitrogens is 2. The van der Waals surface area contributed by atoms with E-state index in [9.17, 15) is 13.2 Å². The van der Waals surface area contributed by atoms with Crippen molar-refractivity contribution < 1.29 is 23.0 Å². The number of aliphatic hydroxyl groups excluding tert-OH is 1. The van der Waals surface area contributed by atoms with Gasteiger partial charge in [-0.15, -0.1) is 0 Å². The summed E-state index contributed by atoms with van der Waals surface area (Å²) in [7, 11) is 0. The Hall–Kier alpha value is -2.15. The number of benzene rings is 1. The van der Waals surface area contributed by atoms with Crippen molar-refractivity contribution in [2.24, 2.45) is 0 Å². The third kappa shape index (κ3) is 3.41. The van der Waals surface area contributed by atoms with E-state index in [-0.39, 0.29) is 12.4 Å². The molecule has 1 aromatic carbocycles. The predicted molar refractivity (Wildman–Crippen MR) is 59.5 cm³/mol. The fourth-order valence-electron chi connectivity index (χ4n) is 1.31. The Morgan fingerprint density at radius 1 is 1.00 bits per heavy atom. The Morgan fingerprint density at radius 3 is 2.05 bits per heavy atom. The van der Waals surface area contributed by atoms with Crippen molar-refractivity contribution in [1.29, 1.82) is 0 Å². The Bertz CT molecular complexity index is 538. The second-order valence-electron chi connectivity index (χ2n) is 3.64. The van der Waals surface area contributed by atoms with E-state index in [1.165, 1.54) is 0 Å². The number of aliphatic hydroxyl groups is 1. The zero-order valence-electron chi connectivity index (χ0n) is 9.55. The van der Waals surface area contributed by atoms with E-state index in [0.717, 1.165) is 12.4 Å². The highest BCUT2D eigenvalue weighted by Gasteiger charge is 2.34. The van der Waals surface area contributed by atoms with Gasteiger partial charge in [0.15, 0.2) is 5.75 Å². The summed E-state index contributed by atoms with van der Waals surface area (Å²) in [6, 6.07) is 6.45. The summed E-state index contributed by atoms with van der Waals surface area (Å²) in [6.07, 6.45) is -2.66. The molecule has 0 saturated carbocycles. The number of ether oxygens (including phenoxy) is 1. The molecule has 19 heavy (non-hydrogen) atoms. The molecule has 1 heterocycles. The zero-order valence-corrected chi connectivity index (χ0v) is 9.55. The normalized spacial score (nSPS) is 11.4. The molecule has 0 aliphatic heterocycles. The van der Waals surface area contributed by atoms with Crippen LogP contribution in [0.3, 0.4) is 0 Å². The Labute approximate surface area is 106 Å². The molecule has 4 nitrogen and oxygen atoms in total. The maximum atomic E-state index is 12.2. The van der Waals surface area contributed by atoms with Crippen molar-refractivity contribution in [3.8, 4) is 11.5 Å². The van der Waals surface area contributed by atoms with Crippen molar-refractivity contribution in [3.05, 3.63) is 48.0 Å². The van der Waals surface area contributed by atoms with Crippen LogP contribution < -0.4 is 4.74 Å². The SMILES string of the molecule is OCc1ccc(Oc2cnc(C(F)(F)F)nc2)cc1. The van der Waals surface area contributed by atoms with E-state index < -0.39 is 12.0 Å². The number of hydrogen-bond donors (Lipinski definition) is 1. The van der Waals surface area contributed by atoms with Gasteiger partial charge in [-0.1, -0.05) is 12.1 Å². The molecule has 1 aromatic heterocycles. The van der Waals surface area contributed by atoms with Gasteiger partial charge in [-0.3, -0.25) is 0 Å². The van der Waals surface area contributed by atoms with Crippen LogP contribution in [0.25, 0.3) is 0 Å². The molecule has 2 rings (SSSR count). The summed E-state index contributed by atoms with van der Waals surface area (Å²) in [5.41, 5.74) is 0.705. The minimum absolute atomic E-state index is 0.0936. The average molecular weight is 270 g/mol. The van der Waals surface area contributed by atoms with Crippen molar-refractivity contribution >= 4 is 0 Å². The van der Waals surface area contributed by atoms with Gasteiger partial charge in [-0.2, -0.15) is 13.2 Å². The van der Waals surface area contributed by atoms with Crippen LogP contribution in [0.15, 0.2) is 36.7 Å². The lowest BCUT2D eigenvalue weighted by Gasteiger charge is -2.07. The number of nitrogens with zero attached hydrogens (tertiary/aromatic N) is 2. The van der Waals surface area contributed by atoms with Gasteiger partial charge in [0, 0.05) is 0 Å². The fraction of sp³-hybridized carbons (Fsp3) is 0.167. The summed E-state index contributed by atoms with van der Waals surface area (Å²) < 4.78 is 42.0. The molecule has 0 aliphatic rings. The maximum Gasteiger partial charge on any atom is 0.451 e. The standard InChI is InChI=1S/C12H9F3N2O2/c13-12(14,15)11-16-5-10(6-17-11)19-9-3-1-8(7-18)2-4-9/h1-6,18H,7H2. The first-order valence-electron chi connectivity index (χ1n) is 5.26. The minimum Gasteiger partial charge on any atom is -0.454 e. The number of alkyl halides is 3. The van der Waals surface area contributed by atoms with Crippen LogP contribution in [0.5, 0.6) is 11.5 Å². The Balaban J connectivity index is 2.10. The summed E-state index contributed by atoms with van der Waals surface area (Å²) in [4.78, 5) is 6.36. The third-order valence-corrected chi connectivity index (χ3v) is 2.22. The Kier molecular flexibility index (Phi) is 3.66. The highest BCUT2D eigenvalue weighted by Crippen LogP contribution is 2.27. The lowest BCUT2D eigenvalue weighted by Crippen LogP contribution is -2.10. The number of halogens is 3. The van der Waals surface area contributed by atoms with Crippen LogP contribution in [-0.4, -0.2) is 15.1 Å². The lowest BCUT2D eigenvalue weighted by atomic mass is 10.2. The molecule has 0 unspecified atom stereocenters. The first kappa shape index (κ1) is 13.3. The van der Waals surface area contributed by atoms with Gasteiger partial charge in [-0.05, 0) is 17.7 Å². The van der Waals surface area contributed by atoms with Crippen LogP contribution in [0, 0.1) is 0 Å². The molecule has 0 amide bonds. The largest absolute Gasteiger partial charge is 0.454 e. The molecule has 0 bridgehead atoms. The van der Waals surface area contributed by atoms with Gasteiger partial charge in [0.1, 0.15) is 5.75 Å². The van der Waals surface area contributed by atoms with Crippen LogP contribution in [0.1, 0.15) is 11.4 Å². The predicted octanol–water partition coefficient (Wildman–Crippen LogP) is 2.78. The summed E-state index contributed by atoms with van der Waals surface area (Å²) in [6.45, 7) is -0.0936. The molecule has 2 aromatic rings. The van der Waals surface area contributed by atoms with E-state index in [1.807, 2.05) is 0 Å². The van der Waals surface area contributed by atoms with Gasteiger partial charge in [-0.25, -0.2) is 9.97 Å². The molecule has 1 N–H and O–H groups in total. The topological polar surface area (TPSA) is 55.2 Å². The van der Waals surface area contributed by atoms with E-state index >= 15 is 0 Å². The van der Waals surface area contributed by atoms with E-state index in [1.54, 1.807) is 24.3 Å². The first-order valence-corrected chi connectivity index (χ1v) is 5.26. The van der Waals surface area contributed by atoms with Crippen molar-refractivity contribution in [1.82, 2.24) is 9.97 Å². The fourth-order valence-corrected chi connectivity index (χ4v) is 1.31. The summed E-state index contributed by atoms with van der Waals surface area (Å²) in [5, 5.41) is 8.86. The molecule has 0 radical (unpaired) electrons. The van der Waals surface area contributed by atoms with Crippen molar-refractivity contribution in [2.75, 3.05) is 0 Å². The minimum atomic E-state index is -4.57. The van der Waals surface area contributed by atoms with Gasteiger partial charge >= 0.3 is 6.18 Å². The highest BCUT2D eigenvalue weighted by atomic mass is 19.4. The zero-order chi connectivity index (χ0) is 13.9. The van der Waals surface area contributed by atoms with Crippen molar-refractivity contribution in [3.63, 3.8) is 0 Å². The molecule has 0 atom stereocenters. The number of rotatable bonds is 3. The van der Waals surface area contributed by atoms with Crippen LogP contribution in [0.4, 0.5) is 13.2 Å². The third-order valence-electron chi connectivity index (χ3n) is 2.22. The lowest BCUT2D eigenvalue weighted by molar-refractivity contribution is -0.145. The molecule has 7 heteroatoms. The number of hydrogen-bond acceptors (Lipinski definition) is 4. The molecule has 0 fully saturated rings. The summed E-state index contributed by atoms with van der Waals surface area (Å²) >= 11 is 0. The van der Waals surface area contributed by atoms with E-state index in [2.05, 4.69) is 9.97 Å². The van der Waals surface area contributed by atoms with Crippen molar-refractivity contribution in [2.45, 2.75) is 12.8 Å². The van der Waals surface area contributed by atoms with E-state index in [4.69, 9.17) is 9.84 Å². The molecular weight excluding hydrogens is 261 g/mol. The second kappa shape index (κ2) is 5.23. The second-order valence-corrected chi connectivity index (χ2v) is 3.64. The smallest absolute Gasteiger partial charge is 0.451 e. The summed E-state index contributed by atoms with van der Waals surface area (Å²) in [5.74, 6) is -0.694. The van der Waals surface area contributed by atoms with Gasteiger partial charge in [0.05, 0.1) is 19.0 Å². The first-order chi connectivity index (χ1) is 8.99. The molecule has 0 aliphatic carbocycles. The van der Waals surface area contributed by atoms with Crippen LogP contribution >= 0.6 is 0 Å². The average Bonchev–Trinajstić information content (AvgIpc) is 2.39. The quantitative estimate of drug-likeness (QED) is 0.931. The van der Waals surface area contributed by atoms with Crippen LogP contribution in [0.2, 0.25) is 0 Å². The van der Waals surface area contributed by atoms with Gasteiger partial charge in [0.25, 0.3) is 0 Å². The monoisotopic (exact) mass is 270 g/mol. The highest BCUT2D eigenvalue weighted by molar-refractivity contribution is 5.31.